The lowest BCUT2D eigenvalue weighted by molar-refractivity contribution is 0.0171. The SMILES string of the molecule is CCNC(=NCCCOCC1CCCO1)NC(C)c1ccc(OCC2CC2)c(F)c1. The van der Waals surface area contributed by atoms with E-state index < -0.39 is 0 Å². The highest BCUT2D eigenvalue weighted by Gasteiger charge is 2.22. The second-order valence-electron chi connectivity index (χ2n) is 8.13. The summed E-state index contributed by atoms with van der Waals surface area (Å²) in [6, 6.07) is 5.10. The quantitative estimate of drug-likeness (QED) is 0.305. The van der Waals surface area contributed by atoms with E-state index in [4.69, 9.17) is 14.2 Å². The van der Waals surface area contributed by atoms with Gasteiger partial charge in [0, 0.05) is 26.3 Å². The summed E-state index contributed by atoms with van der Waals surface area (Å²) in [5, 5.41) is 6.59. The van der Waals surface area contributed by atoms with Crippen LogP contribution in [0.25, 0.3) is 0 Å². The van der Waals surface area contributed by atoms with Gasteiger partial charge in [-0.2, -0.15) is 0 Å². The largest absolute Gasteiger partial charge is 0.490 e. The van der Waals surface area contributed by atoms with Gasteiger partial charge < -0.3 is 24.8 Å². The Morgan fingerprint density at radius 1 is 1.30 bits per heavy atom. The number of ether oxygens (including phenoxy) is 3. The van der Waals surface area contributed by atoms with Gasteiger partial charge in [0.2, 0.25) is 0 Å². The van der Waals surface area contributed by atoms with Gasteiger partial charge in [-0.15, -0.1) is 0 Å². The highest BCUT2D eigenvalue weighted by Crippen LogP contribution is 2.30. The molecule has 2 N–H and O–H groups in total. The third-order valence-corrected chi connectivity index (χ3v) is 5.37. The fourth-order valence-electron chi connectivity index (χ4n) is 3.35. The van der Waals surface area contributed by atoms with Crippen molar-refractivity contribution in [3.8, 4) is 5.75 Å². The van der Waals surface area contributed by atoms with E-state index in [1.165, 1.54) is 12.8 Å². The number of guanidine groups is 1. The van der Waals surface area contributed by atoms with Crippen molar-refractivity contribution in [2.45, 2.75) is 58.1 Å². The van der Waals surface area contributed by atoms with E-state index in [1.807, 2.05) is 19.9 Å². The fourth-order valence-corrected chi connectivity index (χ4v) is 3.35. The first kappa shape index (κ1) is 22.8. The van der Waals surface area contributed by atoms with Gasteiger partial charge in [0.15, 0.2) is 17.5 Å². The fraction of sp³-hybridized carbons (Fsp3) is 0.696. The van der Waals surface area contributed by atoms with Crippen LogP contribution in [0.5, 0.6) is 5.75 Å². The maximum atomic E-state index is 14.4. The van der Waals surface area contributed by atoms with Crippen LogP contribution in [0.3, 0.4) is 0 Å². The molecule has 2 fully saturated rings. The number of benzene rings is 1. The van der Waals surface area contributed by atoms with Crippen molar-refractivity contribution in [1.29, 1.82) is 0 Å². The molecular weight excluding hydrogens is 385 g/mol. The van der Waals surface area contributed by atoms with Crippen molar-refractivity contribution in [2.24, 2.45) is 10.9 Å². The van der Waals surface area contributed by atoms with E-state index in [-0.39, 0.29) is 18.0 Å². The molecule has 0 aromatic heterocycles. The van der Waals surface area contributed by atoms with Gasteiger partial charge in [0.25, 0.3) is 0 Å². The van der Waals surface area contributed by atoms with Crippen molar-refractivity contribution in [2.75, 3.05) is 39.5 Å². The van der Waals surface area contributed by atoms with Crippen LogP contribution in [-0.2, 0) is 9.47 Å². The van der Waals surface area contributed by atoms with Gasteiger partial charge in [-0.3, -0.25) is 4.99 Å². The van der Waals surface area contributed by atoms with Crippen LogP contribution >= 0.6 is 0 Å². The van der Waals surface area contributed by atoms with E-state index in [0.717, 1.165) is 43.9 Å². The van der Waals surface area contributed by atoms with Gasteiger partial charge in [-0.25, -0.2) is 4.39 Å². The molecule has 2 aliphatic rings. The van der Waals surface area contributed by atoms with Gasteiger partial charge >= 0.3 is 0 Å². The van der Waals surface area contributed by atoms with E-state index in [2.05, 4.69) is 15.6 Å². The monoisotopic (exact) mass is 421 g/mol. The molecule has 1 saturated heterocycles. The Balaban J connectivity index is 1.42. The summed E-state index contributed by atoms with van der Waals surface area (Å²) in [6.45, 7) is 8.26. The predicted molar refractivity (Wildman–Crippen MR) is 117 cm³/mol. The molecule has 0 bridgehead atoms. The Morgan fingerprint density at radius 3 is 2.87 bits per heavy atom. The van der Waals surface area contributed by atoms with Crippen molar-refractivity contribution in [3.63, 3.8) is 0 Å². The zero-order valence-electron chi connectivity index (χ0n) is 18.3. The van der Waals surface area contributed by atoms with Crippen LogP contribution in [0.4, 0.5) is 4.39 Å². The van der Waals surface area contributed by atoms with Gasteiger partial charge in [0.05, 0.1) is 25.4 Å². The lowest BCUT2D eigenvalue weighted by atomic mass is 10.1. The van der Waals surface area contributed by atoms with Crippen LogP contribution < -0.4 is 15.4 Å². The lowest BCUT2D eigenvalue weighted by Crippen LogP contribution is -2.38. The minimum Gasteiger partial charge on any atom is -0.490 e. The number of aliphatic imine (C=N–C) groups is 1. The Morgan fingerprint density at radius 2 is 2.17 bits per heavy atom. The molecular formula is C23H36FN3O3. The molecule has 6 nitrogen and oxygen atoms in total. The lowest BCUT2D eigenvalue weighted by Gasteiger charge is -2.19. The second kappa shape index (κ2) is 12.1. The maximum absolute atomic E-state index is 14.4. The topological polar surface area (TPSA) is 64.1 Å². The highest BCUT2D eigenvalue weighted by atomic mass is 19.1. The van der Waals surface area contributed by atoms with Crippen LogP contribution in [-0.4, -0.2) is 51.6 Å². The summed E-state index contributed by atoms with van der Waals surface area (Å²) < 4.78 is 31.2. The average molecular weight is 422 g/mol. The predicted octanol–water partition coefficient (Wildman–Crippen LogP) is 3.82. The molecule has 2 unspecified atom stereocenters. The molecule has 1 aromatic rings. The summed E-state index contributed by atoms with van der Waals surface area (Å²) >= 11 is 0. The van der Waals surface area contributed by atoms with E-state index in [1.54, 1.807) is 12.1 Å². The first-order valence-electron chi connectivity index (χ1n) is 11.3. The number of rotatable bonds is 12. The van der Waals surface area contributed by atoms with E-state index in [9.17, 15) is 4.39 Å². The van der Waals surface area contributed by atoms with Crippen molar-refractivity contribution in [1.82, 2.24) is 10.6 Å². The smallest absolute Gasteiger partial charge is 0.191 e. The Hall–Kier alpha value is -1.86. The van der Waals surface area contributed by atoms with Crippen LogP contribution in [0.2, 0.25) is 0 Å². The molecule has 3 rings (SSSR count). The average Bonchev–Trinajstić information content (AvgIpc) is 3.42. The van der Waals surface area contributed by atoms with Crippen LogP contribution in [0.15, 0.2) is 23.2 Å². The zero-order valence-corrected chi connectivity index (χ0v) is 18.3. The summed E-state index contributed by atoms with van der Waals surface area (Å²) in [5.41, 5.74) is 0.858. The standard InChI is InChI=1S/C23H36FN3O3/c1-3-25-23(26-11-5-12-28-16-20-6-4-13-29-20)27-17(2)19-9-10-22(21(24)14-19)30-15-18-7-8-18/h9-10,14,17-18,20H,3-8,11-13,15-16H2,1-2H3,(H2,25,26,27). The Bertz CT molecular complexity index is 676. The summed E-state index contributed by atoms with van der Waals surface area (Å²) in [5.74, 6) is 1.34. The molecule has 7 heteroatoms. The normalized spacial score (nSPS) is 20.2. The van der Waals surface area contributed by atoms with Gasteiger partial charge in [0.1, 0.15) is 0 Å². The van der Waals surface area contributed by atoms with E-state index >= 15 is 0 Å². The third kappa shape index (κ3) is 7.76. The number of hydrogen-bond donors (Lipinski definition) is 2. The first-order chi connectivity index (χ1) is 14.7. The van der Waals surface area contributed by atoms with Crippen molar-refractivity contribution in [3.05, 3.63) is 29.6 Å². The molecule has 1 aliphatic heterocycles. The molecule has 0 radical (unpaired) electrons. The van der Waals surface area contributed by atoms with E-state index in [0.29, 0.717) is 38.0 Å². The third-order valence-electron chi connectivity index (χ3n) is 5.37. The minimum absolute atomic E-state index is 0.0782. The minimum atomic E-state index is -0.313. The first-order valence-corrected chi connectivity index (χ1v) is 11.3. The molecule has 1 heterocycles. The van der Waals surface area contributed by atoms with Gasteiger partial charge in [-0.05, 0) is 69.6 Å². The number of halogens is 1. The summed E-state index contributed by atoms with van der Waals surface area (Å²) in [4.78, 5) is 4.61. The van der Waals surface area contributed by atoms with Crippen molar-refractivity contribution < 1.29 is 18.6 Å². The Labute approximate surface area is 179 Å². The molecule has 1 saturated carbocycles. The zero-order chi connectivity index (χ0) is 21.2. The van der Waals surface area contributed by atoms with Crippen LogP contribution in [0, 0.1) is 11.7 Å². The molecule has 0 amide bonds. The Kier molecular flexibility index (Phi) is 9.21. The number of nitrogens with one attached hydrogen (secondary N) is 2. The number of nitrogens with zero attached hydrogens (tertiary/aromatic N) is 1. The second-order valence-corrected chi connectivity index (χ2v) is 8.13. The highest BCUT2D eigenvalue weighted by molar-refractivity contribution is 5.80. The number of hydrogen-bond acceptors (Lipinski definition) is 4. The van der Waals surface area contributed by atoms with Gasteiger partial charge in [-0.1, -0.05) is 6.07 Å². The molecule has 30 heavy (non-hydrogen) atoms. The molecule has 1 aromatic carbocycles. The molecule has 168 valence electrons. The van der Waals surface area contributed by atoms with Crippen molar-refractivity contribution >= 4 is 5.96 Å². The molecule has 2 atom stereocenters. The molecule has 1 aliphatic carbocycles. The summed E-state index contributed by atoms with van der Waals surface area (Å²) in [7, 11) is 0. The van der Waals surface area contributed by atoms with Crippen LogP contribution in [0.1, 0.15) is 57.6 Å². The molecule has 0 spiro atoms. The maximum Gasteiger partial charge on any atom is 0.191 e. The summed E-state index contributed by atoms with van der Waals surface area (Å²) in [6.07, 6.45) is 5.72.